The average Bonchev–Trinajstić information content (AvgIpc) is 2.46. The van der Waals surface area contributed by atoms with Crippen LogP contribution < -0.4 is 15.8 Å². The lowest BCUT2D eigenvalue weighted by Gasteiger charge is -2.09. The first-order chi connectivity index (χ1) is 10.0. The average molecular weight is 350 g/mol. The van der Waals surface area contributed by atoms with Crippen molar-refractivity contribution in [2.24, 2.45) is 0 Å². The van der Waals surface area contributed by atoms with E-state index in [-0.39, 0.29) is 5.91 Å². The second-order valence-electron chi connectivity index (χ2n) is 4.43. The van der Waals surface area contributed by atoms with Crippen LogP contribution in [0.5, 0.6) is 5.75 Å². The molecule has 0 unspecified atom stereocenters. The van der Waals surface area contributed by atoms with Gasteiger partial charge < -0.3 is 15.8 Å². The fourth-order valence-electron chi connectivity index (χ4n) is 1.87. The molecule has 0 radical (unpaired) electrons. The number of rotatable bonds is 4. The number of benzene rings is 1. The minimum Gasteiger partial charge on any atom is -0.496 e. The number of nitrogen functional groups attached to an aromatic ring is 1. The number of nitrogens with two attached hydrogens (primary N) is 1. The fraction of sp³-hybridized carbons (Fsp3) is 0.200. The van der Waals surface area contributed by atoms with Gasteiger partial charge in [-0.25, -0.2) is 4.98 Å². The predicted molar refractivity (Wildman–Crippen MR) is 86.7 cm³/mol. The number of pyridine rings is 1. The maximum atomic E-state index is 12.3. The summed E-state index contributed by atoms with van der Waals surface area (Å²) in [4.78, 5) is 16.4. The van der Waals surface area contributed by atoms with Crippen LogP contribution in [0.1, 0.15) is 23.0 Å². The first-order valence-corrected chi connectivity index (χ1v) is 7.24. The van der Waals surface area contributed by atoms with Gasteiger partial charge >= 0.3 is 0 Å². The second kappa shape index (κ2) is 6.58. The van der Waals surface area contributed by atoms with Gasteiger partial charge in [-0.15, -0.1) is 0 Å². The Labute approximate surface area is 131 Å². The molecule has 0 atom stereocenters. The number of methoxy groups -OCH3 is 1. The Balaban J connectivity index is 2.21. The van der Waals surface area contributed by atoms with E-state index in [2.05, 4.69) is 26.2 Å². The van der Waals surface area contributed by atoms with Crippen molar-refractivity contribution in [3.63, 3.8) is 0 Å². The predicted octanol–water partition coefficient (Wildman–Crippen LogP) is 3.25. The largest absolute Gasteiger partial charge is 0.496 e. The Hall–Kier alpha value is -2.08. The van der Waals surface area contributed by atoms with E-state index in [1.807, 2.05) is 6.92 Å². The van der Waals surface area contributed by atoms with Gasteiger partial charge in [-0.2, -0.15) is 0 Å². The summed E-state index contributed by atoms with van der Waals surface area (Å²) in [5, 5.41) is 2.82. The van der Waals surface area contributed by atoms with Crippen LogP contribution in [-0.4, -0.2) is 18.0 Å². The topological polar surface area (TPSA) is 77.2 Å². The van der Waals surface area contributed by atoms with Gasteiger partial charge in [0.25, 0.3) is 5.91 Å². The normalized spacial score (nSPS) is 10.2. The Bertz CT molecular complexity index is 674. The second-order valence-corrected chi connectivity index (χ2v) is 5.28. The Kier molecular flexibility index (Phi) is 4.80. The zero-order chi connectivity index (χ0) is 15.4. The number of ether oxygens (including phenoxy) is 1. The van der Waals surface area contributed by atoms with Crippen LogP contribution >= 0.6 is 15.9 Å². The molecule has 0 saturated carbocycles. The molecule has 0 bridgehead atoms. The number of nitrogens with one attached hydrogen (secondary N) is 1. The molecular formula is C15H16BrN3O2. The summed E-state index contributed by atoms with van der Waals surface area (Å²) in [5.41, 5.74) is 7.66. The van der Waals surface area contributed by atoms with Gasteiger partial charge in [-0.05, 0) is 52.7 Å². The van der Waals surface area contributed by atoms with E-state index < -0.39 is 0 Å². The quantitative estimate of drug-likeness (QED) is 0.887. The van der Waals surface area contributed by atoms with Crippen molar-refractivity contribution in [3.05, 3.63) is 46.1 Å². The minimum absolute atomic E-state index is 0.226. The van der Waals surface area contributed by atoms with E-state index >= 15 is 0 Å². The third-order valence-electron chi connectivity index (χ3n) is 2.93. The van der Waals surface area contributed by atoms with Crippen LogP contribution in [0.15, 0.2) is 34.8 Å². The highest BCUT2D eigenvalue weighted by molar-refractivity contribution is 9.10. The highest BCUT2D eigenvalue weighted by Gasteiger charge is 2.10. The molecule has 1 aromatic carbocycles. The molecule has 3 N–H and O–H groups in total. The van der Waals surface area contributed by atoms with Crippen molar-refractivity contribution >= 4 is 33.3 Å². The summed E-state index contributed by atoms with van der Waals surface area (Å²) in [6, 6.07) is 8.63. The number of anilines is 2. The molecule has 0 spiro atoms. The Morgan fingerprint density at radius 1 is 1.38 bits per heavy atom. The van der Waals surface area contributed by atoms with Gasteiger partial charge in [-0.3, -0.25) is 4.79 Å². The highest BCUT2D eigenvalue weighted by Crippen LogP contribution is 2.28. The first kappa shape index (κ1) is 15.3. The van der Waals surface area contributed by atoms with Crippen molar-refractivity contribution in [3.8, 4) is 5.75 Å². The van der Waals surface area contributed by atoms with Gasteiger partial charge in [0.05, 0.1) is 11.6 Å². The third kappa shape index (κ3) is 3.72. The van der Waals surface area contributed by atoms with Crippen LogP contribution in [0, 0.1) is 0 Å². The SMILES string of the molecule is CCc1cc(C(=O)Nc2ccc(OC)c(Br)c2)cc(N)n1. The van der Waals surface area contributed by atoms with Gasteiger partial charge in [0.15, 0.2) is 0 Å². The molecule has 6 heteroatoms. The maximum absolute atomic E-state index is 12.3. The van der Waals surface area contributed by atoms with E-state index in [1.165, 1.54) is 0 Å². The minimum atomic E-state index is -0.226. The third-order valence-corrected chi connectivity index (χ3v) is 3.55. The molecule has 2 aromatic rings. The van der Waals surface area contributed by atoms with Crippen LogP contribution in [0.25, 0.3) is 0 Å². The van der Waals surface area contributed by atoms with Gasteiger partial charge in [0.2, 0.25) is 0 Å². The number of nitrogens with zero attached hydrogens (tertiary/aromatic N) is 1. The van der Waals surface area contributed by atoms with Crippen LogP contribution in [0.2, 0.25) is 0 Å². The van der Waals surface area contributed by atoms with E-state index in [4.69, 9.17) is 10.5 Å². The number of carbonyl (C=O) groups is 1. The number of aryl methyl sites for hydroxylation is 1. The highest BCUT2D eigenvalue weighted by atomic mass is 79.9. The fourth-order valence-corrected chi connectivity index (χ4v) is 2.41. The van der Waals surface area contributed by atoms with Gasteiger partial charge in [-0.1, -0.05) is 6.92 Å². The van der Waals surface area contributed by atoms with Crippen molar-refractivity contribution in [1.82, 2.24) is 4.98 Å². The number of amides is 1. The number of aromatic nitrogens is 1. The van der Waals surface area contributed by atoms with Crippen molar-refractivity contribution in [2.75, 3.05) is 18.2 Å². The molecule has 0 saturated heterocycles. The molecular weight excluding hydrogens is 334 g/mol. The molecule has 0 aliphatic heterocycles. The number of carbonyl (C=O) groups excluding carboxylic acids is 1. The van der Waals surface area contributed by atoms with Crippen molar-refractivity contribution in [2.45, 2.75) is 13.3 Å². The lowest BCUT2D eigenvalue weighted by atomic mass is 10.1. The van der Waals surface area contributed by atoms with Crippen LogP contribution in [-0.2, 0) is 6.42 Å². The number of hydrogen-bond acceptors (Lipinski definition) is 4. The molecule has 0 aliphatic rings. The molecule has 5 nitrogen and oxygen atoms in total. The zero-order valence-corrected chi connectivity index (χ0v) is 13.4. The molecule has 1 heterocycles. The number of hydrogen-bond donors (Lipinski definition) is 2. The standard InChI is InChI=1S/C15H16BrN3O2/c1-3-10-6-9(7-14(17)18-10)15(20)19-11-4-5-13(21-2)12(16)8-11/h4-8H,3H2,1-2H3,(H2,17,18)(H,19,20). The summed E-state index contributed by atoms with van der Waals surface area (Å²) in [6.07, 6.45) is 0.722. The molecule has 0 aliphatic carbocycles. The lowest BCUT2D eigenvalue weighted by Crippen LogP contribution is -2.13. The first-order valence-electron chi connectivity index (χ1n) is 6.44. The van der Waals surface area contributed by atoms with Crippen molar-refractivity contribution < 1.29 is 9.53 Å². The zero-order valence-electron chi connectivity index (χ0n) is 11.8. The Morgan fingerprint density at radius 2 is 2.14 bits per heavy atom. The molecule has 2 rings (SSSR count). The monoisotopic (exact) mass is 349 g/mol. The molecule has 21 heavy (non-hydrogen) atoms. The summed E-state index contributed by atoms with van der Waals surface area (Å²) < 4.78 is 5.92. The number of halogens is 1. The van der Waals surface area contributed by atoms with E-state index in [0.717, 1.165) is 16.6 Å². The smallest absolute Gasteiger partial charge is 0.255 e. The van der Waals surface area contributed by atoms with Gasteiger partial charge in [0.1, 0.15) is 11.6 Å². The summed E-state index contributed by atoms with van der Waals surface area (Å²) in [5.74, 6) is 0.820. The Morgan fingerprint density at radius 3 is 2.76 bits per heavy atom. The molecule has 110 valence electrons. The summed E-state index contributed by atoms with van der Waals surface area (Å²) in [7, 11) is 1.59. The molecule has 1 aromatic heterocycles. The van der Waals surface area contributed by atoms with E-state index in [0.29, 0.717) is 22.8 Å². The van der Waals surface area contributed by atoms with Crippen LogP contribution in [0.3, 0.4) is 0 Å². The lowest BCUT2D eigenvalue weighted by molar-refractivity contribution is 0.102. The van der Waals surface area contributed by atoms with E-state index in [9.17, 15) is 4.79 Å². The summed E-state index contributed by atoms with van der Waals surface area (Å²) >= 11 is 3.38. The molecule has 0 fully saturated rings. The van der Waals surface area contributed by atoms with Crippen LogP contribution in [0.4, 0.5) is 11.5 Å². The molecule has 1 amide bonds. The van der Waals surface area contributed by atoms with E-state index in [1.54, 1.807) is 37.4 Å². The summed E-state index contributed by atoms with van der Waals surface area (Å²) in [6.45, 7) is 1.96. The van der Waals surface area contributed by atoms with Gasteiger partial charge in [0, 0.05) is 16.9 Å². The van der Waals surface area contributed by atoms with Crippen molar-refractivity contribution in [1.29, 1.82) is 0 Å². The maximum Gasteiger partial charge on any atom is 0.255 e.